The summed E-state index contributed by atoms with van der Waals surface area (Å²) < 4.78 is 28.9. The fraction of sp³-hybridized carbons (Fsp3) is 0.554. The van der Waals surface area contributed by atoms with Crippen LogP contribution in [0.4, 0.5) is 0 Å². The van der Waals surface area contributed by atoms with Crippen molar-refractivity contribution in [3.63, 3.8) is 0 Å². The van der Waals surface area contributed by atoms with Gasteiger partial charge in [0, 0.05) is 32.3 Å². The van der Waals surface area contributed by atoms with Gasteiger partial charge in [-0.1, -0.05) is 261 Å². The zero-order valence-corrected chi connectivity index (χ0v) is 59.2. The lowest BCUT2D eigenvalue weighted by atomic mass is 10.1. The van der Waals surface area contributed by atoms with Crippen molar-refractivity contribution in [2.75, 3.05) is 13.2 Å². The quantitative estimate of drug-likeness (QED) is 0.0165. The number of hydrogen-bond acceptors (Lipinski definition) is 8. The molecule has 0 aromatic heterocycles. The Kier molecular flexibility index (Phi) is 32.0. The van der Waals surface area contributed by atoms with Crippen LogP contribution in [-0.2, 0) is 0 Å². The molecule has 5 aromatic rings. The van der Waals surface area contributed by atoms with Crippen molar-refractivity contribution >= 4 is 50.2 Å². The SMILES string of the molecule is CCCCCCCCCCCCOc1ccc(C(=O)Oc2ccc(C(=O)Oc3cccc(-c4ccc(OC(=O)c5ccc(OCCCCCCCCCCC[Si](C)(C)CCC[Si](C)(C)CCC[Si](C)(C)CCC[Si](C)(C)C)cc5)cc4)c3)cc2)cc1. The van der Waals surface area contributed by atoms with Crippen LogP contribution in [0.1, 0.15) is 179 Å². The van der Waals surface area contributed by atoms with Crippen LogP contribution >= 0.6 is 0 Å². The van der Waals surface area contributed by atoms with Crippen molar-refractivity contribution in [2.24, 2.45) is 0 Å². The molecule has 0 saturated carbocycles. The van der Waals surface area contributed by atoms with E-state index in [2.05, 4.69) is 65.8 Å². The highest BCUT2D eigenvalue weighted by Gasteiger charge is 2.27. The van der Waals surface area contributed by atoms with Gasteiger partial charge in [-0.2, -0.15) is 0 Å². The van der Waals surface area contributed by atoms with E-state index in [1.165, 1.54) is 140 Å². The molecule has 472 valence electrons. The van der Waals surface area contributed by atoms with Gasteiger partial charge in [0.25, 0.3) is 0 Å². The van der Waals surface area contributed by atoms with Crippen LogP contribution in [0.25, 0.3) is 11.1 Å². The van der Waals surface area contributed by atoms with Gasteiger partial charge in [-0.25, -0.2) is 14.4 Å². The van der Waals surface area contributed by atoms with Crippen LogP contribution in [0.3, 0.4) is 0 Å². The number of hydrogen-bond donors (Lipinski definition) is 0. The molecule has 0 saturated heterocycles. The summed E-state index contributed by atoms with van der Waals surface area (Å²) >= 11 is 0. The number of carbonyl (C=O) groups excluding carboxylic acids is 3. The third-order valence-electron chi connectivity index (χ3n) is 17.2. The second kappa shape index (κ2) is 38.4. The first-order chi connectivity index (χ1) is 41.2. The van der Waals surface area contributed by atoms with E-state index >= 15 is 0 Å². The summed E-state index contributed by atoms with van der Waals surface area (Å²) in [7, 11) is -4.08. The first kappa shape index (κ1) is 71.7. The predicted octanol–water partition coefficient (Wildman–Crippen LogP) is 22.8. The average molecular weight is 1240 g/mol. The lowest BCUT2D eigenvalue weighted by Crippen LogP contribution is -2.30. The Morgan fingerprint density at radius 3 is 1.00 bits per heavy atom. The molecule has 0 spiro atoms. The number of carbonyl (C=O) groups is 3. The molecule has 0 aliphatic carbocycles. The van der Waals surface area contributed by atoms with E-state index < -0.39 is 50.2 Å². The van der Waals surface area contributed by atoms with Crippen molar-refractivity contribution in [3.8, 4) is 39.9 Å². The maximum Gasteiger partial charge on any atom is 0.343 e. The Bertz CT molecular complexity index is 2700. The van der Waals surface area contributed by atoms with Crippen molar-refractivity contribution in [1.29, 1.82) is 0 Å². The first-order valence-electron chi connectivity index (χ1n) is 33.6. The highest BCUT2D eigenvalue weighted by molar-refractivity contribution is 6.80. The molecule has 0 amide bonds. The molecule has 5 aromatic carbocycles. The second-order valence-electron chi connectivity index (χ2n) is 28.2. The monoisotopic (exact) mass is 1240 g/mol. The molecule has 0 aliphatic rings. The Hall–Kier alpha value is -5.02. The van der Waals surface area contributed by atoms with Gasteiger partial charge in [-0.15, -0.1) is 0 Å². The van der Waals surface area contributed by atoms with Crippen LogP contribution in [0.2, 0.25) is 101 Å². The Balaban J connectivity index is 0.887. The van der Waals surface area contributed by atoms with Gasteiger partial charge in [0.1, 0.15) is 28.7 Å². The van der Waals surface area contributed by atoms with Gasteiger partial charge in [0.05, 0.1) is 29.9 Å². The maximum absolute atomic E-state index is 13.1. The van der Waals surface area contributed by atoms with Gasteiger partial charge in [0.15, 0.2) is 0 Å². The minimum absolute atomic E-state index is 0.305. The van der Waals surface area contributed by atoms with E-state index in [-0.39, 0.29) is 0 Å². The van der Waals surface area contributed by atoms with Crippen molar-refractivity contribution in [3.05, 3.63) is 138 Å². The predicted molar refractivity (Wildman–Crippen MR) is 374 cm³/mol. The molecular weight excluding hydrogens is 1130 g/mol. The van der Waals surface area contributed by atoms with E-state index in [4.69, 9.17) is 23.7 Å². The average Bonchev–Trinajstić information content (AvgIpc) is 3.42. The van der Waals surface area contributed by atoms with Crippen LogP contribution in [0, 0.1) is 0 Å². The largest absolute Gasteiger partial charge is 0.494 e. The smallest absolute Gasteiger partial charge is 0.343 e. The molecule has 0 atom stereocenters. The van der Waals surface area contributed by atoms with Crippen LogP contribution in [0.15, 0.2) is 121 Å². The molecule has 5 rings (SSSR count). The van der Waals surface area contributed by atoms with Crippen molar-refractivity contribution in [2.45, 2.75) is 249 Å². The third-order valence-corrected chi connectivity index (χ3v) is 29.2. The summed E-state index contributed by atoms with van der Waals surface area (Å²) in [6.45, 7) is 27.2. The van der Waals surface area contributed by atoms with Gasteiger partial charge in [-0.05, 0) is 121 Å². The molecule has 8 nitrogen and oxygen atoms in total. The highest BCUT2D eigenvalue weighted by atomic mass is 28.3. The number of rotatable bonds is 44. The van der Waals surface area contributed by atoms with Crippen molar-refractivity contribution < 1.29 is 38.1 Å². The third kappa shape index (κ3) is 30.3. The standard InChI is InChI=1S/C74H112O8Si4/c1-11-12-13-14-15-16-18-21-24-27-52-78-68-46-40-64(41-47-68)73(76)81-70-50-42-65(43-51-70)74(77)82-71-35-30-34-66(61-71)62-36-48-69(49-37-62)80-72(75)63-38-44-67(45-39-63)79-53-28-25-22-19-17-20-23-26-29-55-84(5,6)57-32-59-86(9,10)60-33-58-85(7,8)56-31-54-83(2,3)4/h30,34-51,61H,11-29,31-33,52-60H2,1-10H3. The number of esters is 3. The molecule has 0 aliphatic heterocycles. The molecule has 0 radical (unpaired) electrons. The molecular formula is C74H112O8Si4. The summed E-state index contributed by atoms with van der Waals surface area (Å²) in [5.41, 5.74) is 2.83. The van der Waals surface area contributed by atoms with Gasteiger partial charge in [0.2, 0.25) is 0 Å². The summed E-state index contributed by atoms with van der Waals surface area (Å²) in [5.74, 6) is 1.07. The van der Waals surface area contributed by atoms with Crippen LogP contribution in [-0.4, -0.2) is 63.4 Å². The highest BCUT2D eigenvalue weighted by Crippen LogP contribution is 2.32. The molecule has 0 fully saturated rings. The topological polar surface area (TPSA) is 97.4 Å². The summed E-state index contributed by atoms with van der Waals surface area (Å²) in [6, 6.07) is 45.5. The van der Waals surface area contributed by atoms with E-state index in [1.807, 2.05) is 36.4 Å². The summed E-state index contributed by atoms with van der Waals surface area (Å²) in [5, 5.41) is 0. The number of unbranched alkanes of at least 4 members (excludes halogenated alkanes) is 17. The van der Waals surface area contributed by atoms with E-state index in [0.29, 0.717) is 47.2 Å². The molecule has 0 N–H and O–H groups in total. The Morgan fingerprint density at radius 1 is 0.302 bits per heavy atom. The van der Waals surface area contributed by atoms with Gasteiger partial charge < -0.3 is 23.7 Å². The van der Waals surface area contributed by atoms with Crippen molar-refractivity contribution in [1.82, 2.24) is 0 Å². The van der Waals surface area contributed by atoms with Crippen LogP contribution < -0.4 is 23.7 Å². The second-order valence-corrected chi connectivity index (χ2v) is 49.8. The normalized spacial score (nSPS) is 12.0. The Labute approximate surface area is 525 Å². The summed E-state index contributed by atoms with van der Waals surface area (Å²) in [6.07, 6.45) is 28.9. The Morgan fingerprint density at radius 2 is 0.616 bits per heavy atom. The minimum atomic E-state index is -1.09. The number of ether oxygens (including phenoxy) is 5. The van der Waals surface area contributed by atoms with Crippen LogP contribution in [0.5, 0.6) is 28.7 Å². The zero-order valence-electron chi connectivity index (χ0n) is 55.2. The maximum atomic E-state index is 13.1. The van der Waals surface area contributed by atoms with Gasteiger partial charge in [-0.3, -0.25) is 0 Å². The first-order valence-corrected chi connectivity index (χ1v) is 47.6. The molecule has 0 bridgehead atoms. The van der Waals surface area contributed by atoms with E-state index in [1.54, 1.807) is 109 Å². The number of benzene rings is 5. The fourth-order valence-electron chi connectivity index (χ4n) is 11.5. The lowest BCUT2D eigenvalue weighted by Gasteiger charge is -2.29. The minimum Gasteiger partial charge on any atom is -0.494 e. The summed E-state index contributed by atoms with van der Waals surface area (Å²) in [4.78, 5) is 39.1. The molecule has 0 unspecified atom stereocenters. The molecule has 12 heteroatoms. The van der Waals surface area contributed by atoms with E-state index in [0.717, 1.165) is 41.9 Å². The zero-order chi connectivity index (χ0) is 62.1. The molecule has 86 heavy (non-hydrogen) atoms. The van der Waals surface area contributed by atoms with E-state index in [9.17, 15) is 14.4 Å². The molecule has 0 heterocycles. The van der Waals surface area contributed by atoms with Gasteiger partial charge >= 0.3 is 17.9 Å². The fourth-order valence-corrected chi connectivity index (χ4v) is 21.4. The lowest BCUT2D eigenvalue weighted by molar-refractivity contribution is 0.0723.